The summed E-state index contributed by atoms with van der Waals surface area (Å²) in [6, 6.07) is 5.78. The molecule has 0 aliphatic rings. The van der Waals surface area contributed by atoms with Gasteiger partial charge in [0.2, 0.25) is 5.91 Å². The highest BCUT2D eigenvalue weighted by molar-refractivity contribution is 5.89. The molecule has 0 heterocycles. The molecule has 1 N–H and O–H groups in total. The molecule has 1 amide bonds. The van der Waals surface area contributed by atoms with Gasteiger partial charge in [0.25, 0.3) is 0 Å². The van der Waals surface area contributed by atoms with E-state index in [0.29, 0.717) is 0 Å². The van der Waals surface area contributed by atoms with Crippen LogP contribution in [0.25, 0.3) is 5.57 Å². The predicted octanol–water partition coefficient (Wildman–Crippen LogP) is 3.86. The van der Waals surface area contributed by atoms with Crippen molar-refractivity contribution in [3.63, 3.8) is 0 Å². The average Bonchev–Trinajstić information content (AvgIpc) is 2.25. The molecule has 0 saturated heterocycles. The summed E-state index contributed by atoms with van der Waals surface area (Å²) in [5.74, 6) is 0.688. The van der Waals surface area contributed by atoms with E-state index >= 15 is 0 Å². The summed E-state index contributed by atoms with van der Waals surface area (Å²) in [5.41, 5.74) is 2.96. The van der Waals surface area contributed by atoms with Crippen LogP contribution in [0.15, 0.2) is 24.3 Å². The summed E-state index contributed by atoms with van der Waals surface area (Å²) < 4.78 is 5.69. The van der Waals surface area contributed by atoms with Crippen LogP contribution in [0.1, 0.15) is 40.2 Å². The first-order valence-corrected chi connectivity index (χ1v) is 6.15. The molecular formula is C15H21NO2. The Morgan fingerprint density at radius 1 is 1.28 bits per heavy atom. The van der Waals surface area contributed by atoms with E-state index in [9.17, 15) is 4.79 Å². The Morgan fingerprint density at radius 3 is 2.44 bits per heavy atom. The van der Waals surface area contributed by atoms with Gasteiger partial charge in [0, 0.05) is 18.7 Å². The SMILES string of the molecule is C/C=C(\C)c1cc(NC(C)=O)cc(OC(C)C)c1. The maximum Gasteiger partial charge on any atom is 0.221 e. The lowest BCUT2D eigenvalue weighted by Gasteiger charge is -2.14. The Hall–Kier alpha value is -1.77. The molecule has 98 valence electrons. The quantitative estimate of drug-likeness (QED) is 0.877. The summed E-state index contributed by atoms with van der Waals surface area (Å²) in [6.45, 7) is 9.48. The molecule has 3 nitrogen and oxygen atoms in total. The fourth-order valence-corrected chi connectivity index (χ4v) is 1.61. The Balaban J connectivity index is 3.15. The van der Waals surface area contributed by atoms with Gasteiger partial charge in [-0.05, 0) is 51.0 Å². The van der Waals surface area contributed by atoms with Gasteiger partial charge >= 0.3 is 0 Å². The van der Waals surface area contributed by atoms with Crippen LogP contribution in [-0.2, 0) is 4.79 Å². The third-order valence-corrected chi connectivity index (χ3v) is 2.49. The molecule has 0 bridgehead atoms. The van der Waals surface area contributed by atoms with E-state index in [1.165, 1.54) is 6.92 Å². The number of carbonyl (C=O) groups excluding carboxylic acids is 1. The van der Waals surface area contributed by atoms with Gasteiger partial charge in [-0.3, -0.25) is 4.79 Å². The Morgan fingerprint density at radius 2 is 1.94 bits per heavy atom. The minimum absolute atomic E-state index is 0.0826. The smallest absolute Gasteiger partial charge is 0.221 e. The fraction of sp³-hybridized carbons (Fsp3) is 0.400. The maximum absolute atomic E-state index is 11.1. The normalized spacial score (nSPS) is 11.6. The average molecular weight is 247 g/mol. The second kappa shape index (κ2) is 6.24. The lowest BCUT2D eigenvalue weighted by molar-refractivity contribution is -0.114. The molecule has 0 atom stereocenters. The standard InChI is InChI=1S/C15H21NO2/c1-6-11(4)13-7-14(16-12(5)17)9-15(8-13)18-10(2)3/h6-10H,1-5H3,(H,16,17)/b11-6+. The number of amides is 1. The number of hydrogen-bond acceptors (Lipinski definition) is 2. The summed E-state index contributed by atoms with van der Waals surface area (Å²) in [4.78, 5) is 11.1. The molecule has 0 saturated carbocycles. The van der Waals surface area contributed by atoms with Crippen LogP contribution < -0.4 is 10.1 Å². The van der Waals surface area contributed by atoms with E-state index in [1.54, 1.807) is 0 Å². The molecule has 0 aliphatic heterocycles. The van der Waals surface area contributed by atoms with Crippen molar-refractivity contribution in [1.82, 2.24) is 0 Å². The zero-order valence-electron chi connectivity index (χ0n) is 11.7. The van der Waals surface area contributed by atoms with Crippen LogP contribution in [0.4, 0.5) is 5.69 Å². The van der Waals surface area contributed by atoms with E-state index in [1.807, 2.05) is 52.0 Å². The third kappa shape index (κ3) is 4.24. The predicted molar refractivity (Wildman–Crippen MR) is 75.8 cm³/mol. The van der Waals surface area contributed by atoms with Crippen molar-refractivity contribution in [2.24, 2.45) is 0 Å². The van der Waals surface area contributed by atoms with Crippen molar-refractivity contribution >= 4 is 17.2 Å². The first-order valence-electron chi connectivity index (χ1n) is 6.15. The van der Waals surface area contributed by atoms with Crippen LogP contribution >= 0.6 is 0 Å². The van der Waals surface area contributed by atoms with Crippen molar-refractivity contribution in [2.45, 2.75) is 40.7 Å². The van der Waals surface area contributed by atoms with Crippen molar-refractivity contribution in [2.75, 3.05) is 5.32 Å². The van der Waals surface area contributed by atoms with Crippen LogP contribution in [0, 0.1) is 0 Å². The van der Waals surface area contributed by atoms with Gasteiger partial charge in [-0.15, -0.1) is 0 Å². The lowest BCUT2D eigenvalue weighted by Crippen LogP contribution is -2.09. The highest BCUT2D eigenvalue weighted by Crippen LogP contribution is 2.26. The third-order valence-electron chi connectivity index (χ3n) is 2.49. The monoisotopic (exact) mass is 247 g/mol. The Kier molecular flexibility index (Phi) is 4.95. The number of nitrogens with one attached hydrogen (secondary N) is 1. The zero-order chi connectivity index (χ0) is 13.7. The number of allylic oxidation sites excluding steroid dienone is 2. The maximum atomic E-state index is 11.1. The molecular weight excluding hydrogens is 226 g/mol. The molecule has 0 fully saturated rings. The van der Waals surface area contributed by atoms with Gasteiger partial charge < -0.3 is 10.1 Å². The molecule has 0 aromatic heterocycles. The highest BCUT2D eigenvalue weighted by Gasteiger charge is 2.06. The van der Waals surface area contributed by atoms with E-state index < -0.39 is 0 Å². The van der Waals surface area contributed by atoms with Crippen LogP contribution in [-0.4, -0.2) is 12.0 Å². The van der Waals surface area contributed by atoms with Gasteiger partial charge in [0.15, 0.2) is 0 Å². The van der Waals surface area contributed by atoms with Gasteiger partial charge in [-0.1, -0.05) is 6.08 Å². The minimum Gasteiger partial charge on any atom is -0.491 e. The van der Waals surface area contributed by atoms with Crippen molar-refractivity contribution in [3.05, 3.63) is 29.8 Å². The van der Waals surface area contributed by atoms with Crippen molar-refractivity contribution in [1.29, 1.82) is 0 Å². The minimum atomic E-state index is -0.0826. The van der Waals surface area contributed by atoms with Gasteiger partial charge in [0.05, 0.1) is 6.10 Å². The molecule has 0 spiro atoms. The van der Waals surface area contributed by atoms with E-state index in [-0.39, 0.29) is 12.0 Å². The number of anilines is 1. The Bertz CT molecular complexity index is 462. The zero-order valence-corrected chi connectivity index (χ0v) is 11.7. The van der Waals surface area contributed by atoms with Crippen molar-refractivity contribution < 1.29 is 9.53 Å². The molecule has 18 heavy (non-hydrogen) atoms. The molecule has 1 aromatic carbocycles. The summed E-state index contributed by atoms with van der Waals surface area (Å²) in [6.07, 6.45) is 2.14. The van der Waals surface area contributed by atoms with Crippen molar-refractivity contribution in [3.8, 4) is 5.75 Å². The number of benzene rings is 1. The summed E-state index contributed by atoms with van der Waals surface area (Å²) in [7, 11) is 0. The summed E-state index contributed by atoms with van der Waals surface area (Å²) >= 11 is 0. The molecule has 1 aromatic rings. The molecule has 0 aliphatic carbocycles. The number of rotatable bonds is 4. The molecule has 0 unspecified atom stereocenters. The highest BCUT2D eigenvalue weighted by atomic mass is 16.5. The number of ether oxygens (including phenoxy) is 1. The van der Waals surface area contributed by atoms with Crippen LogP contribution in [0.5, 0.6) is 5.75 Å². The number of hydrogen-bond donors (Lipinski definition) is 1. The van der Waals surface area contributed by atoms with Crippen LogP contribution in [0.2, 0.25) is 0 Å². The second-order valence-electron chi connectivity index (χ2n) is 4.57. The molecule has 3 heteroatoms. The van der Waals surface area contributed by atoms with Crippen LogP contribution in [0.3, 0.4) is 0 Å². The largest absolute Gasteiger partial charge is 0.491 e. The number of carbonyl (C=O) groups is 1. The van der Waals surface area contributed by atoms with Gasteiger partial charge in [-0.2, -0.15) is 0 Å². The Labute approximate surface area is 109 Å². The molecule has 0 radical (unpaired) electrons. The molecule has 1 rings (SSSR count). The fourth-order valence-electron chi connectivity index (χ4n) is 1.61. The van der Waals surface area contributed by atoms with E-state index in [4.69, 9.17) is 4.74 Å². The van der Waals surface area contributed by atoms with Gasteiger partial charge in [0.1, 0.15) is 5.75 Å². The topological polar surface area (TPSA) is 38.3 Å². The van der Waals surface area contributed by atoms with Gasteiger partial charge in [-0.25, -0.2) is 0 Å². The van der Waals surface area contributed by atoms with E-state index in [0.717, 1.165) is 22.6 Å². The second-order valence-corrected chi connectivity index (χ2v) is 4.57. The van der Waals surface area contributed by atoms with E-state index in [2.05, 4.69) is 5.32 Å². The first kappa shape index (κ1) is 14.3. The first-order chi connectivity index (χ1) is 8.42. The summed E-state index contributed by atoms with van der Waals surface area (Å²) in [5, 5.41) is 2.79. The lowest BCUT2D eigenvalue weighted by atomic mass is 10.1.